The van der Waals surface area contributed by atoms with Crippen LogP contribution in [-0.2, 0) is 18.1 Å². The number of carbonyl (C=O) groups is 1. The molecule has 1 atom stereocenters. The number of rotatable bonds is 6. The van der Waals surface area contributed by atoms with Crippen LogP contribution in [0.5, 0.6) is 0 Å². The second-order valence-electron chi connectivity index (χ2n) is 7.57. The third-order valence-electron chi connectivity index (χ3n) is 5.17. The molecule has 4 rings (SSSR count). The zero-order chi connectivity index (χ0) is 25.1. The van der Waals surface area contributed by atoms with E-state index in [1.807, 2.05) is 0 Å². The lowest BCUT2D eigenvalue weighted by Crippen LogP contribution is -2.50. The maximum atomic E-state index is 14.6. The molecule has 180 valence electrons. The summed E-state index contributed by atoms with van der Waals surface area (Å²) in [6.45, 7) is 0. The zero-order valence-corrected chi connectivity index (χ0v) is 19.4. The molecule has 4 aromatic rings. The van der Waals surface area contributed by atoms with Gasteiger partial charge in [-0.05, 0) is 41.5 Å². The van der Waals surface area contributed by atoms with E-state index in [2.05, 4.69) is 20.6 Å². The van der Waals surface area contributed by atoms with E-state index in [0.29, 0.717) is 11.6 Å². The fourth-order valence-electron chi connectivity index (χ4n) is 3.66. The Morgan fingerprint density at radius 3 is 2.37 bits per heavy atom. The number of pyridine rings is 1. The Labute approximate surface area is 206 Å². The van der Waals surface area contributed by atoms with Crippen LogP contribution in [0.15, 0.2) is 78.4 Å². The van der Waals surface area contributed by atoms with Gasteiger partial charge >= 0.3 is 12.2 Å². The first-order valence-electron chi connectivity index (χ1n) is 10.2. The average molecular weight is 521 g/mol. The van der Waals surface area contributed by atoms with Gasteiger partial charge in [-0.2, -0.15) is 13.2 Å². The highest BCUT2D eigenvalue weighted by molar-refractivity contribution is 7.13. The van der Waals surface area contributed by atoms with E-state index >= 15 is 0 Å². The smallest absolute Gasteiger partial charge is 0.322 e. The molecule has 0 radical (unpaired) electrons. The highest BCUT2D eigenvalue weighted by Crippen LogP contribution is 2.38. The van der Waals surface area contributed by atoms with Crippen molar-refractivity contribution in [3.05, 3.63) is 112 Å². The Kier molecular flexibility index (Phi) is 7.04. The van der Waals surface area contributed by atoms with Crippen LogP contribution in [0.4, 0.5) is 27.5 Å². The van der Waals surface area contributed by atoms with Gasteiger partial charge in [0.15, 0.2) is 5.13 Å². The summed E-state index contributed by atoms with van der Waals surface area (Å²) in [4.78, 5) is 21.4. The van der Waals surface area contributed by atoms with E-state index in [1.54, 1.807) is 35.7 Å². The minimum absolute atomic E-state index is 0.0332. The first kappa shape index (κ1) is 24.6. The highest BCUT2D eigenvalue weighted by Gasteiger charge is 2.41. The molecule has 35 heavy (non-hydrogen) atoms. The van der Waals surface area contributed by atoms with Gasteiger partial charge in [0, 0.05) is 24.2 Å². The second kappa shape index (κ2) is 10.0. The van der Waals surface area contributed by atoms with Crippen LogP contribution in [0.1, 0.15) is 22.4 Å². The first-order valence-corrected chi connectivity index (χ1v) is 11.4. The molecule has 0 saturated carbocycles. The van der Waals surface area contributed by atoms with Gasteiger partial charge in [-0.3, -0.25) is 10.3 Å². The summed E-state index contributed by atoms with van der Waals surface area (Å²) in [7, 11) is 0. The van der Waals surface area contributed by atoms with Crippen molar-refractivity contribution in [2.75, 3.05) is 5.32 Å². The molecule has 2 aromatic heterocycles. The summed E-state index contributed by atoms with van der Waals surface area (Å²) < 4.78 is 55.5. The van der Waals surface area contributed by atoms with Crippen molar-refractivity contribution in [2.24, 2.45) is 0 Å². The van der Waals surface area contributed by atoms with Crippen molar-refractivity contribution >= 4 is 34.1 Å². The van der Waals surface area contributed by atoms with Gasteiger partial charge in [0.1, 0.15) is 11.4 Å². The van der Waals surface area contributed by atoms with E-state index in [-0.39, 0.29) is 27.8 Å². The van der Waals surface area contributed by atoms with Crippen LogP contribution >= 0.6 is 22.9 Å². The summed E-state index contributed by atoms with van der Waals surface area (Å²) in [5.41, 5.74) is -2.20. The summed E-state index contributed by atoms with van der Waals surface area (Å²) >= 11 is 7.16. The van der Waals surface area contributed by atoms with Crippen LogP contribution < -0.4 is 10.6 Å². The van der Waals surface area contributed by atoms with Crippen molar-refractivity contribution in [2.45, 2.75) is 18.1 Å². The monoisotopic (exact) mass is 520 g/mol. The third-order valence-corrected chi connectivity index (χ3v) is 6.09. The summed E-state index contributed by atoms with van der Waals surface area (Å²) in [6.07, 6.45) is -2.05. The maximum absolute atomic E-state index is 14.6. The fraction of sp³-hybridized carbons (Fsp3) is 0.125. The minimum Gasteiger partial charge on any atom is -0.322 e. The lowest BCUT2D eigenvalue weighted by Gasteiger charge is -2.35. The predicted molar refractivity (Wildman–Crippen MR) is 126 cm³/mol. The molecule has 2 N–H and O–H groups in total. The number of nitrogens with zero attached hydrogens (tertiary/aromatic N) is 2. The summed E-state index contributed by atoms with van der Waals surface area (Å²) in [5, 5.41) is 7.52. The van der Waals surface area contributed by atoms with Crippen LogP contribution in [0.25, 0.3) is 0 Å². The lowest BCUT2D eigenvalue weighted by molar-refractivity contribution is -0.137. The zero-order valence-electron chi connectivity index (χ0n) is 17.8. The predicted octanol–water partition coefficient (Wildman–Crippen LogP) is 6.66. The molecule has 0 aliphatic carbocycles. The molecule has 0 spiro atoms. The number of nitrogens with one attached hydrogen (secondary N) is 2. The van der Waals surface area contributed by atoms with Crippen LogP contribution in [0.3, 0.4) is 0 Å². The molecular formula is C24H17ClF4N4OS. The van der Waals surface area contributed by atoms with Gasteiger partial charge in [-0.25, -0.2) is 14.2 Å². The molecule has 0 saturated heterocycles. The molecule has 0 bridgehead atoms. The minimum atomic E-state index is -4.81. The molecule has 11 heteroatoms. The lowest BCUT2D eigenvalue weighted by atomic mass is 9.80. The van der Waals surface area contributed by atoms with Gasteiger partial charge in [0.25, 0.3) is 0 Å². The van der Waals surface area contributed by atoms with Crippen LogP contribution in [-0.4, -0.2) is 16.0 Å². The van der Waals surface area contributed by atoms with Crippen molar-refractivity contribution in [1.29, 1.82) is 0 Å². The van der Waals surface area contributed by atoms with Crippen molar-refractivity contribution in [3.63, 3.8) is 0 Å². The van der Waals surface area contributed by atoms with Gasteiger partial charge in [0.2, 0.25) is 0 Å². The van der Waals surface area contributed by atoms with Crippen molar-refractivity contribution in [1.82, 2.24) is 15.3 Å². The molecule has 0 aliphatic heterocycles. The Morgan fingerprint density at radius 1 is 1.00 bits per heavy atom. The molecular weight excluding hydrogens is 504 g/mol. The van der Waals surface area contributed by atoms with Crippen LogP contribution in [0, 0.1) is 5.82 Å². The van der Waals surface area contributed by atoms with E-state index in [1.165, 1.54) is 24.5 Å². The van der Waals surface area contributed by atoms with E-state index in [9.17, 15) is 22.4 Å². The normalized spacial score (nSPS) is 13.2. The Morgan fingerprint density at radius 2 is 1.74 bits per heavy atom. The topological polar surface area (TPSA) is 66.9 Å². The second-order valence-corrected chi connectivity index (χ2v) is 8.90. The number of benzene rings is 2. The Hall–Kier alpha value is -3.50. The Bertz CT molecular complexity index is 1300. The fourth-order valence-corrected chi connectivity index (χ4v) is 4.29. The number of alkyl halides is 3. The highest BCUT2D eigenvalue weighted by atomic mass is 35.5. The number of anilines is 1. The number of amides is 2. The first-order chi connectivity index (χ1) is 16.7. The summed E-state index contributed by atoms with van der Waals surface area (Å²) in [6, 6.07) is 13.1. The largest absolute Gasteiger partial charge is 0.416 e. The molecule has 2 aromatic carbocycles. The van der Waals surface area contributed by atoms with E-state index in [4.69, 9.17) is 11.6 Å². The quantitative estimate of drug-likeness (QED) is 0.279. The van der Waals surface area contributed by atoms with Crippen molar-refractivity contribution in [3.8, 4) is 0 Å². The number of halogens is 5. The van der Waals surface area contributed by atoms with Gasteiger partial charge in [-0.1, -0.05) is 41.9 Å². The van der Waals surface area contributed by atoms with E-state index < -0.39 is 29.1 Å². The molecule has 0 fully saturated rings. The SMILES string of the molecule is O=C(Nc1nccs1)NC(Cc1ccccc1)(c1cc(F)cc(C(F)(F)F)c1)c1ccc(Cl)cn1. The van der Waals surface area contributed by atoms with E-state index in [0.717, 1.165) is 23.5 Å². The number of carbonyl (C=O) groups excluding carboxylic acids is 1. The van der Waals surface area contributed by atoms with Crippen molar-refractivity contribution < 1.29 is 22.4 Å². The molecule has 0 aliphatic rings. The standard InChI is InChI=1S/C24H17ClF4N4OS/c25-18-6-7-20(31-14-18)23(13-15-4-2-1-3-5-15,33-21(34)32-22-30-8-9-35-22)16-10-17(24(27,28)29)12-19(26)11-16/h1-12,14H,13H2,(H2,30,32,33,34). The molecule has 5 nitrogen and oxygen atoms in total. The van der Waals surface area contributed by atoms with Gasteiger partial charge < -0.3 is 5.32 Å². The number of aromatic nitrogens is 2. The molecule has 2 amide bonds. The number of hydrogen-bond acceptors (Lipinski definition) is 4. The van der Waals surface area contributed by atoms with Crippen LogP contribution in [0.2, 0.25) is 5.02 Å². The number of urea groups is 1. The maximum Gasteiger partial charge on any atom is 0.416 e. The number of hydrogen-bond donors (Lipinski definition) is 2. The number of thiazole rings is 1. The molecule has 2 heterocycles. The molecule has 1 unspecified atom stereocenters. The average Bonchev–Trinajstić information content (AvgIpc) is 3.31. The Balaban J connectivity index is 1.92. The summed E-state index contributed by atoms with van der Waals surface area (Å²) in [5.74, 6) is -1.11. The van der Waals surface area contributed by atoms with Gasteiger partial charge in [0.05, 0.1) is 16.3 Å². The third kappa shape index (κ3) is 5.77. The van der Waals surface area contributed by atoms with Gasteiger partial charge in [-0.15, -0.1) is 11.3 Å².